The first-order chi connectivity index (χ1) is 9.97. The smallest absolute Gasteiger partial charge is 0.408 e. The zero-order valence-corrected chi connectivity index (χ0v) is 11.8. The standard InChI is InChI=1S/C13H14ClF3N2O2/c14-9-6-11-10(20-7-21-11)5-8(9)12(13(15,16)17)19-3-1-18-2-4-19/h5-6,12,18H,1-4,7H2/t12-/m0/s1. The molecular formula is C13H14ClF3N2O2. The van der Waals surface area contributed by atoms with Crippen molar-refractivity contribution in [1.82, 2.24) is 10.2 Å². The van der Waals surface area contributed by atoms with Gasteiger partial charge in [-0.05, 0) is 6.07 Å². The molecule has 1 N–H and O–H groups in total. The van der Waals surface area contributed by atoms with Crippen molar-refractivity contribution in [1.29, 1.82) is 0 Å². The Kier molecular flexibility index (Phi) is 3.90. The summed E-state index contributed by atoms with van der Waals surface area (Å²) in [5.41, 5.74) is 0.00955. The van der Waals surface area contributed by atoms with Crippen LogP contribution in [0.2, 0.25) is 5.02 Å². The van der Waals surface area contributed by atoms with Gasteiger partial charge in [-0.2, -0.15) is 13.2 Å². The highest BCUT2D eigenvalue weighted by Gasteiger charge is 2.46. The zero-order chi connectivity index (χ0) is 15.0. The van der Waals surface area contributed by atoms with Gasteiger partial charge in [0.25, 0.3) is 0 Å². The third-order valence-corrected chi connectivity index (χ3v) is 3.94. The number of nitrogens with one attached hydrogen (secondary N) is 1. The van der Waals surface area contributed by atoms with E-state index in [1.807, 2.05) is 0 Å². The lowest BCUT2D eigenvalue weighted by Crippen LogP contribution is -2.49. The van der Waals surface area contributed by atoms with E-state index in [0.29, 0.717) is 37.7 Å². The van der Waals surface area contributed by atoms with Crippen LogP contribution in [0.25, 0.3) is 0 Å². The summed E-state index contributed by atoms with van der Waals surface area (Å²) in [7, 11) is 0. The molecule has 0 aliphatic carbocycles. The SMILES string of the molecule is FC(F)(F)[C@H](c1cc2c(cc1Cl)OCO2)N1CCNCC1. The minimum atomic E-state index is -4.41. The number of ether oxygens (including phenoxy) is 2. The van der Waals surface area contributed by atoms with Gasteiger partial charge in [-0.1, -0.05) is 11.6 Å². The molecule has 0 saturated carbocycles. The maximum absolute atomic E-state index is 13.5. The first-order valence-corrected chi connectivity index (χ1v) is 6.95. The first kappa shape index (κ1) is 14.7. The third-order valence-electron chi connectivity index (χ3n) is 3.61. The van der Waals surface area contributed by atoms with Gasteiger partial charge in [0.2, 0.25) is 6.79 Å². The predicted molar refractivity (Wildman–Crippen MR) is 70.8 cm³/mol. The van der Waals surface area contributed by atoms with Crippen LogP contribution in [0.4, 0.5) is 13.2 Å². The topological polar surface area (TPSA) is 33.7 Å². The quantitative estimate of drug-likeness (QED) is 0.907. The Labute approximate surface area is 124 Å². The molecular weight excluding hydrogens is 309 g/mol. The lowest BCUT2D eigenvalue weighted by Gasteiger charge is -2.36. The van der Waals surface area contributed by atoms with Crippen LogP contribution >= 0.6 is 11.6 Å². The largest absolute Gasteiger partial charge is 0.454 e. The molecule has 4 nitrogen and oxygen atoms in total. The van der Waals surface area contributed by atoms with Crippen molar-refractivity contribution in [2.24, 2.45) is 0 Å². The van der Waals surface area contributed by atoms with E-state index in [0.717, 1.165) is 0 Å². The molecule has 0 unspecified atom stereocenters. The summed E-state index contributed by atoms with van der Waals surface area (Å²) in [5.74, 6) is 0.684. The normalized spacial score (nSPS) is 20.6. The zero-order valence-electron chi connectivity index (χ0n) is 11.0. The molecule has 0 spiro atoms. The Bertz CT molecular complexity index is 533. The van der Waals surface area contributed by atoms with Crippen LogP contribution in [0.15, 0.2) is 12.1 Å². The fourth-order valence-corrected chi connectivity index (χ4v) is 2.92. The second-order valence-electron chi connectivity index (χ2n) is 4.96. The van der Waals surface area contributed by atoms with Crippen molar-refractivity contribution < 1.29 is 22.6 Å². The Morgan fingerprint density at radius 1 is 1.14 bits per heavy atom. The number of nitrogens with zero attached hydrogens (tertiary/aromatic N) is 1. The molecule has 2 heterocycles. The third kappa shape index (κ3) is 2.90. The molecule has 8 heteroatoms. The average molecular weight is 323 g/mol. The van der Waals surface area contributed by atoms with Crippen LogP contribution in [0, 0.1) is 0 Å². The highest BCUT2D eigenvalue weighted by Crippen LogP contribution is 2.45. The van der Waals surface area contributed by atoms with E-state index in [4.69, 9.17) is 21.1 Å². The summed E-state index contributed by atoms with van der Waals surface area (Å²) >= 11 is 6.05. The Morgan fingerprint density at radius 3 is 2.38 bits per heavy atom. The van der Waals surface area contributed by atoms with Crippen LogP contribution < -0.4 is 14.8 Å². The van der Waals surface area contributed by atoms with Gasteiger partial charge in [-0.25, -0.2) is 0 Å². The van der Waals surface area contributed by atoms with E-state index in [-0.39, 0.29) is 17.4 Å². The fourth-order valence-electron chi connectivity index (χ4n) is 2.66. The second kappa shape index (κ2) is 5.55. The molecule has 3 rings (SSSR count). The molecule has 2 aliphatic heterocycles. The molecule has 0 aromatic heterocycles. The molecule has 2 aliphatic rings. The van der Waals surface area contributed by atoms with Crippen LogP contribution in [-0.2, 0) is 0 Å². The number of hydrogen-bond acceptors (Lipinski definition) is 4. The number of benzene rings is 1. The number of piperazine rings is 1. The molecule has 116 valence electrons. The summed E-state index contributed by atoms with van der Waals surface area (Å²) in [6.45, 7) is 1.67. The minimum Gasteiger partial charge on any atom is -0.454 e. The lowest BCUT2D eigenvalue weighted by molar-refractivity contribution is -0.187. The van der Waals surface area contributed by atoms with Gasteiger partial charge in [-0.3, -0.25) is 4.90 Å². The van der Waals surface area contributed by atoms with Crippen LogP contribution in [0.3, 0.4) is 0 Å². The molecule has 1 atom stereocenters. The van der Waals surface area contributed by atoms with E-state index in [2.05, 4.69) is 5.32 Å². The Hall–Kier alpha value is -1.18. The maximum Gasteiger partial charge on any atom is 0.408 e. The highest BCUT2D eigenvalue weighted by molar-refractivity contribution is 6.31. The molecule has 1 aromatic rings. The molecule has 0 radical (unpaired) electrons. The number of fused-ring (bicyclic) bond motifs is 1. The molecule has 1 aromatic carbocycles. The van der Waals surface area contributed by atoms with Gasteiger partial charge >= 0.3 is 6.18 Å². The van der Waals surface area contributed by atoms with Gasteiger partial charge < -0.3 is 14.8 Å². The molecule has 21 heavy (non-hydrogen) atoms. The summed E-state index contributed by atoms with van der Waals surface area (Å²) in [4.78, 5) is 1.39. The molecule has 0 amide bonds. The van der Waals surface area contributed by atoms with E-state index in [1.54, 1.807) is 0 Å². The van der Waals surface area contributed by atoms with Crippen molar-refractivity contribution in [2.45, 2.75) is 12.2 Å². The summed E-state index contributed by atoms with van der Waals surface area (Å²) in [5, 5.41) is 3.08. The number of alkyl halides is 3. The van der Waals surface area contributed by atoms with Crippen LogP contribution in [-0.4, -0.2) is 44.0 Å². The number of hydrogen-bond donors (Lipinski definition) is 1. The lowest BCUT2D eigenvalue weighted by atomic mass is 10.0. The first-order valence-electron chi connectivity index (χ1n) is 6.57. The molecule has 1 saturated heterocycles. The second-order valence-corrected chi connectivity index (χ2v) is 5.36. The molecule has 0 bridgehead atoms. The fraction of sp³-hybridized carbons (Fsp3) is 0.538. The van der Waals surface area contributed by atoms with Gasteiger partial charge in [0.1, 0.15) is 6.04 Å². The molecule has 1 fully saturated rings. The van der Waals surface area contributed by atoms with E-state index >= 15 is 0 Å². The van der Waals surface area contributed by atoms with Crippen molar-refractivity contribution in [3.8, 4) is 11.5 Å². The van der Waals surface area contributed by atoms with Gasteiger partial charge in [0.05, 0.1) is 0 Å². The number of rotatable bonds is 2. The van der Waals surface area contributed by atoms with E-state index in [1.165, 1.54) is 17.0 Å². The van der Waals surface area contributed by atoms with Crippen LogP contribution in [0.1, 0.15) is 11.6 Å². The van der Waals surface area contributed by atoms with E-state index in [9.17, 15) is 13.2 Å². The minimum absolute atomic E-state index is 0.000561. The van der Waals surface area contributed by atoms with Gasteiger partial charge in [0, 0.05) is 42.8 Å². The van der Waals surface area contributed by atoms with Gasteiger partial charge in [-0.15, -0.1) is 0 Å². The Morgan fingerprint density at radius 2 is 1.76 bits per heavy atom. The van der Waals surface area contributed by atoms with Crippen molar-refractivity contribution in [2.75, 3.05) is 33.0 Å². The average Bonchev–Trinajstić information content (AvgIpc) is 2.86. The Balaban J connectivity index is 2.00. The van der Waals surface area contributed by atoms with Gasteiger partial charge in [0.15, 0.2) is 11.5 Å². The highest BCUT2D eigenvalue weighted by atomic mass is 35.5. The number of halogens is 4. The van der Waals surface area contributed by atoms with Crippen LogP contribution in [0.5, 0.6) is 11.5 Å². The van der Waals surface area contributed by atoms with Crippen molar-refractivity contribution in [3.05, 3.63) is 22.7 Å². The van der Waals surface area contributed by atoms with Crippen molar-refractivity contribution in [3.63, 3.8) is 0 Å². The van der Waals surface area contributed by atoms with Crippen molar-refractivity contribution >= 4 is 11.6 Å². The predicted octanol–water partition coefficient (Wildman–Crippen LogP) is 2.58. The van der Waals surface area contributed by atoms with E-state index < -0.39 is 12.2 Å². The summed E-state index contributed by atoms with van der Waals surface area (Å²) in [6.07, 6.45) is -4.41. The monoisotopic (exact) mass is 322 g/mol. The summed E-state index contributed by atoms with van der Waals surface area (Å²) < 4.78 is 50.9. The summed E-state index contributed by atoms with van der Waals surface area (Å²) in [6, 6.07) is 0.993. The maximum atomic E-state index is 13.5.